The second-order valence-corrected chi connectivity index (χ2v) is 6.61. The Morgan fingerprint density at radius 3 is 2.48 bits per heavy atom. The number of nitrogens with one attached hydrogen (secondary N) is 1. The van der Waals surface area contributed by atoms with Crippen LogP contribution < -0.4 is 5.32 Å². The van der Waals surface area contributed by atoms with Gasteiger partial charge in [-0.25, -0.2) is 4.79 Å². The van der Waals surface area contributed by atoms with E-state index in [-0.39, 0.29) is 12.6 Å². The third-order valence-electron chi connectivity index (χ3n) is 3.83. The summed E-state index contributed by atoms with van der Waals surface area (Å²) in [6.45, 7) is 5.35. The Bertz CT molecular complexity index is 408. The van der Waals surface area contributed by atoms with Gasteiger partial charge in [-0.2, -0.15) is 13.2 Å². The topological polar surface area (TPSA) is 61.8 Å². The molecule has 0 aliphatic carbocycles. The van der Waals surface area contributed by atoms with Crippen molar-refractivity contribution < 1.29 is 27.8 Å². The Kier molecular flexibility index (Phi) is 4.14. The molecule has 2 aliphatic heterocycles. The molecule has 2 fully saturated rings. The van der Waals surface area contributed by atoms with E-state index >= 15 is 0 Å². The van der Waals surface area contributed by atoms with Gasteiger partial charge >= 0.3 is 12.3 Å². The maximum Gasteiger partial charge on any atom is 0.415 e. The van der Waals surface area contributed by atoms with Crippen LogP contribution in [0.4, 0.5) is 18.0 Å². The van der Waals surface area contributed by atoms with Crippen LogP contribution in [0.3, 0.4) is 0 Å². The number of carbonyl (C=O) groups is 1. The number of amides is 1. The van der Waals surface area contributed by atoms with Crippen LogP contribution in [0.25, 0.3) is 0 Å². The second kappa shape index (κ2) is 5.31. The minimum atomic E-state index is -4.72. The predicted molar refractivity (Wildman–Crippen MR) is 68.7 cm³/mol. The molecule has 0 saturated carbocycles. The standard InChI is InChI=1S/C13H21F3N2O3/c1-12(2,3)21-11(20)18-7-4-5-8(18)9(17-6-7)10(19)13(14,15)16/h7-10,17,19H,4-6H2,1-3H3/t7-,8+,9+,10?/m1/s1. The summed E-state index contributed by atoms with van der Waals surface area (Å²) < 4.78 is 43.5. The molecule has 0 radical (unpaired) electrons. The number of alkyl halides is 3. The van der Waals surface area contributed by atoms with E-state index in [2.05, 4.69) is 5.32 Å². The maximum absolute atomic E-state index is 12.7. The van der Waals surface area contributed by atoms with Crippen LogP contribution >= 0.6 is 0 Å². The molecule has 2 heterocycles. The minimum Gasteiger partial charge on any atom is -0.444 e. The number of halogens is 3. The van der Waals surface area contributed by atoms with Gasteiger partial charge in [-0.1, -0.05) is 0 Å². The second-order valence-electron chi connectivity index (χ2n) is 6.61. The smallest absolute Gasteiger partial charge is 0.415 e. The Morgan fingerprint density at radius 2 is 1.95 bits per heavy atom. The third kappa shape index (κ3) is 3.42. The molecule has 2 rings (SSSR count). The molecule has 0 aromatic rings. The number of carbonyl (C=O) groups excluding carboxylic acids is 1. The number of ether oxygens (including phenoxy) is 1. The number of hydrogen-bond acceptors (Lipinski definition) is 4. The lowest BCUT2D eigenvalue weighted by atomic mass is 9.99. The predicted octanol–water partition coefficient (Wildman–Crippen LogP) is 1.65. The van der Waals surface area contributed by atoms with Crippen LogP contribution in [0, 0.1) is 0 Å². The largest absolute Gasteiger partial charge is 0.444 e. The fourth-order valence-electron chi connectivity index (χ4n) is 3.00. The molecule has 122 valence electrons. The fraction of sp³-hybridized carbons (Fsp3) is 0.923. The van der Waals surface area contributed by atoms with Gasteiger partial charge < -0.3 is 15.2 Å². The van der Waals surface area contributed by atoms with Gasteiger partial charge in [-0.15, -0.1) is 0 Å². The molecule has 8 heteroatoms. The highest BCUT2D eigenvalue weighted by Gasteiger charge is 2.54. The summed E-state index contributed by atoms with van der Waals surface area (Å²) in [7, 11) is 0. The number of aliphatic hydroxyl groups is 1. The van der Waals surface area contributed by atoms with Crippen LogP contribution in [0.2, 0.25) is 0 Å². The highest BCUT2D eigenvalue weighted by molar-refractivity contribution is 5.70. The van der Waals surface area contributed by atoms with Gasteiger partial charge in [0.05, 0.1) is 12.1 Å². The zero-order chi connectivity index (χ0) is 16.0. The monoisotopic (exact) mass is 310 g/mol. The van der Waals surface area contributed by atoms with E-state index in [0.29, 0.717) is 12.8 Å². The lowest BCUT2D eigenvalue weighted by Crippen LogP contribution is -2.65. The molecule has 1 unspecified atom stereocenters. The summed E-state index contributed by atoms with van der Waals surface area (Å²) in [4.78, 5) is 13.6. The Balaban J connectivity index is 2.15. The van der Waals surface area contributed by atoms with Gasteiger partial charge in [0, 0.05) is 12.6 Å². The SMILES string of the molecule is CC(C)(C)OC(=O)N1[C@@H]2CC[C@H]1[C@@H](C(O)C(F)(F)F)NC2. The van der Waals surface area contributed by atoms with Gasteiger partial charge in [0.25, 0.3) is 0 Å². The van der Waals surface area contributed by atoms with Crippen LogP contribution in [-0.2, 0) is 4.74 Å². The van der Waals surface area contributed by atoms with Gasteiger partial charge in [-0.3, -0.25) is 4.90 Å². The maximum atomic E-state index is 12.7. The lowest BCUT2D eigenvalue weighted by Gasteiger charge is -2.42. The Hall–Kier alpha value is -1.02. The number of nitrogens with zero attached hydrogens (tertiary/aromatic N) is 1. The molecule has 2 N–H and O–H groups in total. The van der Waals surface area contributed by atoms with Crippen molar-refractivity contribution in [3.05, 3.63) is 0 Å². The molecule has 2 bridgehead atoms. The lowest BCUT2D eigenvalue weighted by molar-refractivity contribution is -0.218. The number of fused-ring (bicyclic) bond motifs is 2. The molecular formula is C13H21F3N2O3. The normalized spacial score (nSPS) is 31.2. The molecular weight excluding hydrogens is 289 g/mol. The van der Waals surface area contributed by atoms with E-state index in [1.165, 1.54) is 4.90 Å². The first-order chi connectivity index (χ1) is 9.50. The summed E-state index contributed by atoms with van der Waals surface area (Å²) in [5.74, 6) is 0. The molecule has 2 aliphatic rings. The van der Waals surface area contributed by atoms with E-state index in [9.17, 15) is 23.1 Å². The van der Waals surface area contributed by atoms with E-state index in [0.717, 1.165) is 0 Å². The Labute approximate surface area is 121 Å². The van der Waals surface area contributed by atoms with E-state index in [1.807, 2.05) is 0 Å². The average molecular weight is 310 g/mol. The van der Waals surface area contributed by atoms with Crippen LogP contribution in [0.1, 0.15) is 33.6 Å². The highest BCUT2D eigenvalue weighted by atomic mass is 19.4. The molecule has 0 aromatic carbocycles. The van der Waals surface area contributed by atoms with E-state index < -0.39 is 36.1 Å². The highest BCUT2D eigenvalue weighted by Crippen LogP contribution is 2.35. The Morgan fingerprint density at radius 1 is 1.33 bits per heavy atom. The summed E-state index contributed by atoms with van der Waals surface area (Å²) in [6, 6.07) is -2.09. The van der Waals surface area contributed by atoms with Crippen LogP contribution in [0.5, 0.6) is 0 Å². The number of piperazine rings is 1. The number of hydrogen-bond donors (Lipinski definition) is 2. The minimum absolute atomic E-state index is 0.179. The summed E-state index contributed by atoms with van der Waals surface area (Å²) in [5.41, 5.74) is -0.709. The molecule has 2 saturated heterocycles. The molecule has 1 amide bonds. The van der Waals surface area contributed by atoms with E-state index in [4.69, 9.17) is 4.74 Å². The first kappa shape index (κ1) is 16.4. The molecule has 21 heavy (non-hydrogen) atoms. The molecule has 0 aromatic heterocycles. The first-order valence-corrected chi connectivity index (χ1v) is 7.00. The van der Waals surface area contributed by atoms with Gasteiger partial charge in [-0.05, 0) is 33.6 Å². The summed E-state index contributed by atoms with van der Waals surface area (Å²) >= 11 is 0. The third-order valence-corrected chi connectivity index (χ3v) is 3.83. The van der Waals surface area contributed by atoms with Crippen molar-refractivity contribution in [3.8, 4) is 0 Å². The molecule has 5 nitrogen and oxygen atoms in total. The zero-order valence-corrected chi connectivity index (χ0v) is 12.3. The van der Waals surface area contributed by atoms with Crippen molar-refractivity contribution in [1.82, 2.24) is 10.2 Å². The van der Waals surface area contributed by atoms with Crippen LogP contribution in [-0.4, -0.2) is 58.7 Å². The number of aliphatic hydroxyl groups excluding tert-OH is 1. The van der Waals surface area contributed by atoms with Crippen molar-refractivity contribution >= 4 is 6.09 Å². The average Bonchev–Trinajstić information content (AvgIpc) is 2.60. The quantitative estimate of drug-likeness (QED) is 0.773. The van der Waals surface area contributed by atoms with Crippen molar-refractivity contribution in [2.45, 2.75) is 69.6 Å². The summed E-state index contributed by atoms with van der Waals surface area (Å²) in [6.07, 6.45) is -6.79. The zero-order valence-electron chi connectivity index (χ0n) is 12.3. The molecule has 0 spiro atoms. The van der Waals surface area contributed by atoms with Crippen molar-refractivity contribution in [2.75, 3.05) is 6.54 Å². The summed E-state index contributed by atoms with van der Waals surface area (Å²) in [5, 5.41) is 12.2. The van der Waals surface area contributed by atoms with Crippen molar-refractivity contribution in [3.63, 3.8) is 0 Å². The van der Waals surface area contributed by atoms with Gasteiger partial charge in [0.1, 0.15) is 5.60 Å². The van der Waals surface area contributed by atoms with Gasteiger partial charge in [0.2, 0.25) is 0 Å². The van der Waals surface area contributed by atoms with Crippen LogP contribution in [0.15, 0.2) is 0 Å². The van der Waals surface area contributed by atoms with Crippen molar-refractivity contribution in [2.24, 2.45) is 0 Å². The fourth-order valence-corrected chi connectivity index (χ4v) is 3.00. The molecule has 4 atom stereocenters. The number of rotatable bonds is 1. The van der Waals surface area contributed by atoms with Crippen molar-refractivity contribution in [1.29, 1.82) is 0 Å². The van der Waals surface area contributed by atoms with Gasteiger partial charge in [0.15, 0.2) is 6.10 Å². The van der Waals surface area contributed by atoms with E-state index in [1.54, 1.807) is 20.8 Å². The first-order valence-electron chi connectivity index (χ1n) is 7.00.